The highest BCUT2D eigenvalue weighted by Gasteiger charge is 2.40. The van der Waals surface area contributed by atoms with Crippen LogP contribution in [0, 0.1) is 0 Å². The largest absolute Gasteiger partial charge is 0.496 e. The molecule has 0 bridgehead atoms. The summed E-state index contributed by atoms with van der Waals surface area (Å²) in [6.45, 7) is 0.784. The monoisotopic (exact) mass is 266 g/mol. The maximum absolute atomic E-state index is 6.18. The average molecular weight is 266 g/mol. The van der Waals surface area contributed by atoms with E-state index in [2.05, 4.69) is 4.90 Å². The summed E-state index contributed by atoms with van der Waals surface area (Å²) in [6.07, 6.45) is 2.14. The predicted molar refractivity (Wildman–Crippen MR) is 75.5 cm³/mol. The molecule has 0 aromatic heterocycles. The van der Waals surface area contributed by atoms with E-state index in [0.717, 1.165) is 36.6 Å². The normalized spacial score (nSPS) is 15.8. The van der Waals surface area contributed by atoms with E-state index in [1.54, 1.807) is 21.3 Å². The second-order valence-corrected chi connectivity index (χ2v) is 5.10. The van der Waals surface area contributed by atoms with Gasteiger partial charge in [0.1, 0.15) is 22.9 Å². The van der Waals surface area contributed by atoms with Gasteiger partial charge in [0, 0.05) is 31.3 Å². The summed E-state index contributed by atoms with van der Waals surface area (Å²) in [5.41, 5.74) is 7.02. The maximum Gasteiger partial charge on any atom is 0.149 e. The first-order valence-electron chi connectivity index (χ1n) is 6.33. The molecule has 2 N–H and O–H groups in total. The van der Waals surface area contributed by atoms with Crippen LogP contribution in [0.4, 0.5) is 5.69 Å². The lowest BCUT2D eigenvalue weighted by Gasteiger charge is -2.27. The van der Waals surface area contributed by atoms with E-state index in [0.29, 0.717) is 5.75 Å². The van der Waals surface area contributed by atoms with Gasteiger partial charge in [0.05, 0.1) is 21.3 Å². The number of methoxy groups -OCH3 is 3. The number of nitrogens with zero attached hydrogens (tertiary/aromatic N) is 1. The number of hydrogen-bond donors (Lipinski definition) is 1. The smallest absolute Gasteiger partial charge is 0.149 e. The molecule has 0 saturated heterocycles. The Balaban J connectivity index is 2.35. The average Bonchev–Trinajstić information content (AvgIpc) is 3.13. The van der Waals surface area contributed by atoms with Gasteiger partial charge < -0.3 is 24.8 Å². The van der Waals surface area contributed by atoms with Gasteiger partial charge in [0.15, 0.2) is 0 Å². The van der Waals surface area contributed by atoms with Gasteiger partial charge in [0.25, 0.3) is 0 Å². The molecule has 1 aromatic carbocycles. The number of anilines is 1. The summed E-state index contributed by atoms with van der Waals surface area (Å²) < 4.78 is 16.1. The van der Waals surface area contributed by atoms with Crippen molar-refractivity contribution >= 4 is 5.69 Å². The van der Waals surface area contributed by atoms with Gasteiger partial charge in [-0.25, -0.2) is 0 Å². The Kier molecular flexibility index (Phi) is 3.75. The molecule has 19 heavy (non-hydrogen) atoms. The first-order chi connectivity index (χ1) is 9.03. The molecule has 2 rings (SSSR count). The number of benzene rings is 1. The molecular formula is C14H22N2O3. The van der Waals surface area contributed by atoms with Crippen molar-refractivity contribution in [3.8, 4) is 17.2 Å². The van der Waals surface area contributed by atoms with Crippen LogP contribution in [0.25, 0.3) is 0 Å². The van der Waals surface area contributed by atoms with Crippen molar-refractivity contribution < 1.29 is 14.2 Å². The molecule has 5 nitrogen and oxygen atoms in total. The number of likely N-dealkylation sites (N-methyl/N-ethyl adjacent to an activating group) is 1. The first kappa shape index (κ1) is 13.8. The molecule has 106 valence electrons. The van der Waals surface area contributed by atoms with Crippen LogP contribution in [0.15, 0.2) is 12.1 Å². The van der Waals surface area contributed by atoms with Crippen LogP contribution in [-0.2, 0) is 0 Å². The number of ether oxygens (including phenoxy) is 3. The highest BCUT2D eigenvalue weighted by molar-refractivity contribution is 5.70. The van der Waals surface area contributed by atoms with Crippen molar-refractivity contribution in [1.82, 2.24) is 0 Å². The van der Waals surface area contributed by atoms with Gasteiger partial charge in [-0.1, -0.05) is 0 Å². The Morgan fingerprint density at radius 1 is 1.11 bits per heavy atom. The molecule has 1 saturated carbocycles. The Morgan fingerprint density at radius 2 is 1.63 bits per heavy atom. The third-order valence-corrected chi connectivity index (χ3v) is 3.52. The molecule has 0 atom stereocenters. The van der Waals surface area contributed by atoms with Crippen LogP contribution in [0.1, 0.15) is 12.8 Å². The standard InChI is InChI=1S/C14H22N2O3/c1-16(9-14(15)5-6-14)13-11(18-3)7-10(17-2)8-12(13)19-4/h7-8H,5-6,9,15H2,1-4H3. The third-order valence-electron chi connectivity index (χ3n) is 3.52. The minimum absolute atomic E-state index is 0.0648. The molecule has 0 aliphatic heterocycles. The Hall–Kier alpha value is -1.62. The van der Waals surface area contributed by atoms with Crippen molar-refractivity contribution in [2.24, 2.45) is 5.73 Å². The van der Waals surface area contributed by atoms with Crippen molar-refractivity contribution in [2.75, 3.05) is 39.8 Å². The van der Waals surface area contributed by atoms with Crippen LogP contribution in [0.5, 0.6) is 17.2 Å². The highest BCUT2D eigenvalue weighted by Crippen LogP contribution is 2.43. The lowest BCUT2D eigenvalue weighted by atomic mass is 10.2. The lowest BCUT2D eigenvalue weighted by molar-refractivity contribution is 0.375. The van der Waals surface area contributed by atoms with E-state index in [1.807, 2.05) is 19.2 Å². The number of nitrogens with two attached hydrogens (primary N) is 1. The fraction of sp³-hybridized carbons (Fsp3) is 0.571. The number of hydrogen-bond acceptors (Lipinski definition) is 5. The summed E-state index contributed by atoms with van der Waals surface area (Å²) in [6, 6.07) is 3.70. The van der Waals surface area contributed by atoms with Crippen LogP contribution in [0.2, 0.25) is 0 Å². The molecule has 1 aliphatic rings. The minimum Gasteiger partial charge on any atom is -0.496 e. The maximum atomic E-state index is 6.18. The summed E-state index contributed by atoms with van der Waals surface area (Å²) >= 11 is 0. The van der Waals surface area contributed by atoms with Crippen molar-refractivity contribution in [1.29, 1.82) is 0 Å². The fourth-order valence-corrected chi connectivity index (χ4v) is 2.23. The summed E-state index contributed by atoms with van der Waals surface area (Å²) in [4.78, 5) is 2.09. The Morgan fingerprint density at radius 3 is 2.00 bits per heavy atom. The van der Waals surface area contributed by atoms with E-state index < -0.39 is 0 Å². The Bertz CT molecular complexity index is 433. The molecule has 0 spiro atoms. The molecule has 0 heterocycles. The summed E-state index contributed by atoms with van der Waals surface area (Å²) in [5.74, 6) is 2.16. The minimum atomic E-state index is -0.0648. The first-order valence-corrected chi connectivity index (χ1v) is 6.33. The Labute approximate surface area is 114 Å². The predicted octanol–water partition coefficient (Wildman–Crippen LogP) is 1.64. The number of rotatable bonds is 6. The van der Waals surface area contributed by atoms with Crippen molar-refractivity contribution in [2.45, 2.75) is 18.4 Å². The molecule has 0 unspecified atom stereocenters. The second-order valence-electron chi connectivity index (χ2n) is 5.10. The highest BCUT2D eigenvalue weighted by atomic mass is 16.5. The third kappa shape index (κ3) is 2.87. The van der Waals surface area contributed by atoms with Crippen LogP contribution in [0.3, 0.4) is 0 Å². The van der Waals surface area contributed by atoms with Crippen molar-refractivity contribution in [3.05, 3.63) is 12.1 Å². The van der Waals surface area contributed by atoms with Crippen LogP contribution >= 0.6 is 0 Å². The fourth-order valence-electron chi connectivity index (χ4n) is 2.23. The van der Waals surface area contributed by atoms with Gasteiger partial charge in [-0.2, -0.15) is 0 Å². The molecule has 0 amide bonds. The van der Waals surface area contributed by atoms with E-state index in [-0.39, 0.29) is 5.54 Å². The van der Waals surface area contributed by atoms with E-state index in [4.69, 9.17) is 19.9 Å². The van der Waals surface area contributed by atoms with E-state index >= 15 is 0 Å². The molecule has 1 aromatic rings. The molecule has 5 heteroatoms. The van der Waals surface area contributed by atoms with Gasteiger partial charge >= 0.3 is 0 Å². The zero-order valence-corrected chi connectivity index (χ0v) is 12.0. The zero-order valence-electron chi connectivity index (χ0n) is 12.0. The van der Waals surface area contributed by atoms with Gasteiger partial charge in [-0.15, -0.1) is 0 Å². The summed E-state index contributed by atoms with van der Waals surface area (Å²) in [7, 11) is 6.90. The lowest BCUT2D eigenvalue weighted by Crippen LogP contribution is -2.37. The SMILES string of the molecule is COc1cc(OC)c(N(C)CC2(N)CC2)c(OC)c1. The van der Waals surface area contributed by atoms with Crippen molar-refractivity contribution in [3.63, 3.8) is 0 Å². The van der Waals surface area contributed by atoms with Gasteiger partial charge in [-0.3, -0.25) is 0 Å². The van der Waals surface area contributed by atoms with E-state index in [9.17, 15) is 0 Å². The molecular weight excluding hydrogens is 244 g/mol. The second kappa shape index (κ2) is 5.17. The topological polar surface area (TPSA) is 57.0 Å². The van der Waals surface area contributed by atoms with Gasteiger partial charge in [0.2, 0.25) is 0 Å². The molecule has 1 aliphatic carbocycles. The quantitative estimate of drug-likeness (QED) is 0.848. The van der Waals surface area contributed by atoms with Gasteiger partial charge in [-0.05, 0) is 12.8 Å². The van der Waals surface area contributed by atoms with Crippen LogP contribution in [-0.4, -0.2) is 40.5 Å². The molecule has 0 radical (unpaired) electrons. The zero-order chi connectivity index (χ0) is 14.0. The summed E-state index contributed by atoms with van der Waals surface area (Å²) in [5, 5.41) is 0. The van der Waals surface area contributed by atoms with E-state index in [1.165, 1.54) is 0 Å². The molecule has 1 fully saturated rings. The van der Waals surface area contributed by atoms with Crippen LogP contribution < -0.4 is 24.8 Å².